The number of hydrogen-bond donors (Lipinski definition) is 1. The molecule has 0 bridgehead atoms. The molecule has 1 heterocycles. The van der Waals surface area contributed by atoms with Crippen LogP contribution in [0.15, 0.2) is 47.1 Å². The number of hydrogen-bond acceptors (Lipinski definition) is 3. The van der Waals surface area contributed by atoms with Crippen molar-refractivity contribution in [3.05, 3.63) is 59.8 Å². The molecule has 0 saturated heterocycles. The van der Waals surface area contributed by atoms with E-state index in [-0.39, 0.29) is 11.4 Å². The number of furan rings is 1. The number of nitrogens with zero attached hydrogens (tertiary/aromatic N) is 1. The summed E-state index contributed by atoms with van der Waals surface area (Å²) in [5, 5.41) is 0. The Hall–Kier alpha value is -1.65. The zero-order chi connectivity index (χ0) is 15.3. The Kier molecular flexibility index (Phi) is 5.15. The summed E-state index contributed by atoms with van der Waals surface area (Å²) in [6.45, 7) is 6.11. The van der Waals surface area contributed by atoms with E-state index in [1.165, 1.54) is 6.07 Å². The highest BCUT2D eigenvalue weighted by Crippen LogP contribution is 2.23. The SMILES string of the molecule is CCN(Cc1ccco1)C(C)(CN)Cc1ccccc1F. The van der Waals surface area contributed by atoms with Crippen LogP contribution in [0.5, 0.6) is 0 Å². The van der Waals surface area contributed by atoms with Crippen LogP contribution < -0.4 is 5.73 Å². The van der Waals surface area contributed by atoms with Gasteiger partial charge in [0.2, 0.25) is 0 Å². The zero-order valence-electron chi connectivity index (χ0n) is 12.7. The minimum atomic E-state index is -0.316. The lowest BCUT2D eigenvalue weighted by Gasteiger charge is -2.40. The highest BCUT2D eigenvalue weighted by atomic mass is 19.1. The standard InChI is InChI=1S/C17H23FN2O/c1-3-20(12-15-8-6-10-21-15)17(2,13-19)11-14-7-4-5-9-16(14)18/h4-10H,3,11-13,19H2,1-2H3. The Bertz CT molecular complexity index is 556. The maximum absolute atomic E-state index is 13.9. The van der Waals surface area contributed by atoms with Crippen LogP contribution in [-0.4, -0.2) is 23.5 Å². The molecule has 114 valence electrons. The average Bonchev–Trinajstić information content (AvgIpc) is 3.00. The van der Waals surface area contributed by atoms with Crippen molar-refractivity contribution in [2.24, 2.45) is 5.73 Å². The largest absolute Gasteiger partial charge is 0.468 e. The maximum Gasteiger partial charge on any atom is 0.126 e. The number of halogens is 1. The van der Waals surface area contributed by atoms with Gasteiger partial charge in [-0.1, -0.05) is 25.1 Å². The van der Waals surface area contributed by atoms with E-state index in [4.69, 9.17) is 10.2 Å². The van der Waals surface area contributed by atoms with Crippen molar-refractivity contribution in [1.29, 1.82) is 0 Å². The molecule has 0 aliphatic carbocycles. The molecule has 2 aromatic rings. The van der Waals surface area contributed by atoms with E-state index >= 15 is 0 Å². The first-order chi connectivity index (χ1) is 10.1. The highest BCUT2D eigenvalue weighted by molar-refractivity contribution is 5.20. The predicted octanol–water partition coefficient (Wildman–Crippen LogP) is 3.20. The molecule has 1 atom stereocenters. The van der Waals surface area contributed by atoms with E-state index in [0.29, 0.717) is 25.1 Å². The lowest BCUT2D eigenvalue weighted by atomic mass is 9.90. The van der Waals surface area contributed by atoms with E-state index in [1.807, 2.05) is 24.3 Å². The molecule has 0 fully saturated rings. The molecule has 3 nitrogen and oxygen atoms in total. The average molecular weight is 290 g/mol. The molecule has 0 spiro atoms. The molecule has 2 N–H and O–H groups in total. The van der Waals surface area contributed by atoms with Gasteiger partial charge in [0.1, 0.15) is 11.6 Å². The van der Waals surface area contributed by atoms with Crippen molar-refractivity contribution >= 4 is 0 Å². The van der Waals surface area contributed by atoms with Crippen molar-refractivity contribution in [1.82, 2.24) is 4.90 Å². The van der Waals surface area contributed by atoms with Crippen molar-refractivity contribution in [3.63, 3.8) is 0 Å². The third-order valence-electron chi connectivity index (χ3n) is 4.04. The fraction of sp³-hybridized carbons (Fsp3) is 0.412. The van der Waals surface area contributed by atoms with Crippen molar-refractivity contribution in [2.45, 2.75) is 32.4 Å². The fourth-order valence-corrected chi connectivity index (χ4v) is 2.64. The summed E-state index contributed by atoms with van der Waals surface area (Å²) in [6, 6.07) is 10.7. The van der Waals surface area contributed by atoms with Gasteiger partial charge in [0.25, 0.3) is 0 Å². The third kappa shape index (κ3) is 3.71. The summed E-state index contributed by atoms with van der Waals surface area (Å²) < 4.78 is 19.3. The topological polar surface area (TPSA) is 42.4 Å². The van der Waals surface area contributed by atoms with Gasteiger partial charge in [-0.3, -0.25) is 4.90 Å². The Morgan fingerprint density at radius 3 is 2.57 bits per heavy atom. The second kappa shape index (κ2) is 6.87. The van der Waals surface area contributed by atoms with Crippen LogP contribution in [-0.2, 0) is 13.0 Å². The smallest absolute Gasteiger partial charge is 0.126 e. The highest BCUT2D eigenvalue weighted by Gasteiger charge is 2.31. The van der Waals surface area contributed by atoms with E-state index < -0.39 is 0 Å². The monoisotopic (exact) mass is 290 g/mol. The third-order valence-corrected chi connectivity index (χ3v) is 4.04. The summed E-state index contributed by atoms with van der Waals surface area (Å²) in [4.78, 5) is 2.23. The number of nitrogens with two attached hydrogens (primary N) is 1. The van der Waals surface area contributed by atoms with Crippen LogP contribution in [0.3, 0.4) is 0 Å². The minimum Gasteiger partial charge on any atom is -0.468 e. The van der Waals surface area contributed by atoms with Gasteiger partial charge in [0.05, 0.1) is 12.8 Å². The summed E-state index contributed by atoms with van der Waals surface area (Å²) in [5.41, 5.74) is 6.40. The quantitative estimate of drug-likeness (QED) is 0.851. The van der Waals surface area contributed by atoms with Crippen LogP contribution in [0.2, 0.25) is 0 Å². The molecule has 4 heteroatoms. The Balaban J connectivity index is 2.19. The first kappa shape index (κ1) is 15.7. The van der Waals surface area contributed by atoms with E-state index in [1.54, 1.807) is 12.3 Å². The summed E-state index contributed by atoms with van der Waals surface area (Å²) >= 11 is 0. The Morgan fingerprint density at radius 2 is 2.00 bits per heavy atom. The van der Waals surface area contributed by atoms with Gasteiger partial charge in [-0.05, 0) is 43.7 Å². The zero-order valence-corrected chi connectivity index (χ0v) is 12.7. The van der Waals surface area contributed by atoms with Crippen molar-refractivity contribution < 1.29 is 8.81 Å². The van der Waals surface area contributed by atoms with Crippen LogP contribution in [0.25, 0.3) is 0 Å². The van der Waals surface area contributed by atoms with Crippen molar-refractivity contribution in [2.75, 3.05) is 13.1 Å². The van der Waals surface area contributed by atoms with E-state index in [2.05, 4.69) is 18.7 Å². The summed E-state index contributed by atoms with van der Waals surface area (Å²) in [7, 11) is 0. The molecule has 0 aliphatic rings. The Morgan fingerprint density at radius 1 is 1.24 bits per heavy atom. The number of benzene rings is 1. The lowest BCUT2D eigenvalue weighted by molar-refractivity contribution is 0.0986. The van der Waals surface area contributed by atoms with Crippen LogP contribution >= 0.6 is 0 Å². The molecule has 1 unspecified atom stereocenters. The molecule has 2 rings (SSSR count). The number of rotatable bonds is 7. The molecule has 0 radical (unpaired) electrons. The van der Waals surface area contributed by atoms with E-state index in [0.717, 1.165) is 12.3 Å². The van der Waals surface area contributed by atoms with Gasteiger partial charge in [-0.2, -0.15) is 0 Å². The molecular weight excluding hydrogens is 267 g/mol. The second-order valence-electron chi connectivity index (χ2n) is 5.56. The van der Waals surface area contributed by atoms with Gasteiger partial charge in [0, 0.05) is 12.1 Å². The number of likely N-dealkylation sites (N-methyl/N-ethyl adjacent to an activating group) is 1. The Labute approximate surface area is 125 Å². The predicted molar refractivity (Wildman–Crippen MR) is 82.4 cm³/mol. The molecular formula is C17H23FN2O. The maximum atomic E-state index is 13.9. The lowest BCUT2D eigenvalue weighted by Crippen LogP contribution is -2.52. The molecule has 21 heavy (non-hydrogen) atoms. The first-order valence-corrected chi connectivity index (χ1v) is 7.30. The fourth-order valence-electron chi connectivity index (χ4n) is 2.64. The summed E-state index contributed by atoms with van der Waals surface area (Å²) in [5.74, 6) is 0.719. The molecule has 1 aromatic heterocycles. The second-order valence-corrected chi connectivity index (χ2v) is 5.56. The van der Waals surface area contributed by atoms with E-state index in [9.17, 15) is 4.39 Å². The minimum absolute atomic E-state index is 0.175. The van der Waals surface area contributed by atoms with Gasteiger partial charge < -0.3 is 10.2 Å². The van der Waals surface area contributed by atoms with Gasteiger partial charge in [0.15, 0.2) is 0 Å². The van der Waals surface area contributed by atoms with Crippen LogP contribution in [0, 0.1) is 5.82 Å². The molecule has 0 saturated carbocycles. The molecule has 0 aliphatic heterocycles. The van der Waals surface area contributed by atoms with Gasteiger partial charge >= 0.3 is 0 Å². The van der Waals surface area contributed by atoms with Crippen LogP contribution in [0.1, 0.15) is 25.2 Å². The normalized spacial score (nSPS) is 14.3. The molecule has 0 amide bonds. The van der Waals surface area contributed by atoms with Gasteiger partial charge in [-0.25, -0.2) is 4.39 Å². The van der Waals surface area contributed by atoms with Crippen molar-refractivity contribution in [3.8, 4) is 0 Å². The van der Waals surface area contributed by atoms with Crippen LogP contribution in [0.4, 0.5) is 4.39 Å². The first-order valence-electron chi connectivity index (χ1n) is 7.30. The summed E-state index contributed by atoms with van der Waals surface area (Å²) in [6.07, 6.45) is 2.24. The van der Waals surface area contributed by atoms with Gasteiger partial charge in [-0.15, -0.1) is 0 Å². The molecule has 1 aromatic carbocycles.